The SMILES string of the molecule is NC1(CONC(=O)[C@@H]2CC(F)(F)[C@@H]3CN2C(=O)N3OS(=O)(=O)O)CCOC1. The van der Waals surface area contributed by atoms with Crippen LogP contribution in [0.4, 0.5) is 13.6 Å². The Hall–Kier alpha value is -1.65. The van der Waals surface area contributed by atoms with Crippen LogP contribution in [0, 0.1) is 0 Å². The number of nitrogens with two attached hydrogens (primary N) is 1. The van der Waals surface area contributed by atoms with E-state index in [0.717, 1.165) is 0 Å². The lowest BCUT2D eigenvalue weighted by Gasteiger charge is -2.34. The molecular formula is C12H18F2N4O8S. The monoisotopic (exact) mass is 416 g/mol. The molecular weight excluding hydrogens is 398 g/mol. The maximum atomic E-state index is 14.3. The van der Waals surface area contributed by atoms with Crippen molar-refractivity contribution >= 4 is 22.3 Å². The molecule has 0 saturated carbocycles. The first-order valence-corrected chi connectivity index (χ1v) is 9.21. The van der Waals surface area contributed by atoms with Crippen molar-refractivity contribution in [1.29, 1.82) is 0 Å². The summed E-state index contributed by atoms with van der Waals surface area (Å²) in [5, 5.41) is -0.145. The number of nitrogens with one attached hydrogen (secondary N) is 1. The number of carbonyl (C=O) groups excluding carboxylic acids is 2. The van der Waals surface area contributed by atoms with Gasteiger partial charge in [0.1, 0.15) is 12.1 Å². The number of nitrogens with zero attached hydrogens (tertiary/aromatic N) is 2. The topological polar surface area (TPSA) is 161 Å². The van der Waals surface area contributed by atoms with E-state index in [4.69, 9.17) is 19.9 Å². The predicted octanol–water partition coefficient (Wildman–Crippen LogP) is -1.60. The molecule has 3 aliphatic rings. The van der Waals surface area contributed by atoms with Crippen LogP contribution in [0.2, 0.25) is 0 Å². The van der Waals surface area contributed by atoms with E-state index < -0.39 is 58.8 Å². The number of carbonyl (C=O) groups is 2. The molecule has 2 bridgehead atoms. The lowest BCUT2D eigenvalue weighted by atomic mass is 9.96. The van der Waals surface area contributed by atoms with Gasteiger partial charge in [-0.15, -0.1) is 4.28 Å². The third-order valence-electron chi connectivity index (χ3n) is 4.56. The van der Waals surface area contributed by atoms with Crippen LogP contribution in [-0.2, 0) is 29.1 Å². The van der Waals surface area contributed by atoms with Crippen LogP contribution in [0.25, 0.3) is 0 Å². The highest BCUT2D eigenvalue weighted by molar-refractivity contribution is 7.80. The van der Waals surface area contributed by atoms with Crippen molar-refractivity contribution in [2.24, 2.45) is 5.73 Å². The minimum atomic E-state index is -5.20. The first-order chi connectivity index (χ1) is 12.4. The molecule has 3 heterocycles. The fraction of sp³-hybridized carbons (Fsp3) is 0.833. The van der Waals surface area contributed by atoms with Gasteiger partial charge in [0.05, 0.1) is 25.3 Å². The van der Waals surface area contributed by atoms with Crippen molar-refractivity contribution in [2.45, 2.75) is 36.4 Å². The Labute approximate surface area is 152 Å². The summed E-state index contributed by atoms with van der Waals surface area (Å²) < 4.78 is 67.9. The van der Waals surface area contributed by atoms with E-state index >= 15 is 0 Å². The number of hydroxylamine groups is 3. The largest absolute Gasteiger partial charge is 0.418 e. The summed E-state index contributed by atoms with van der Waals surface area (Å²) >= 11 is 0. The molecule has 3 atom stereocenters. The Kier molecular flexibility index (Phi) is 5.02. The van der Waals surface area contributed by atoms with Gasteiger partial charge < -0.3 is 15.4 Å². The lowest BCUT2D eigenvalue weighted by Crippen LogP contribution is -2.57. The molecule has 1 unspecified atom stereocenters. The van der Waals surface area contributed by atoms with Gasteiger partial charge in [0.15, 0.2) is 0 Å². The molecule has 3 fully saturated rings. The number of halogens is 2. The number of urea groups is 1. The van der Waals surface area contributed by atoms with Crippen molar-refractivity contribution in [3.63, 3.8) is 0 Å². The van der Waals surface area contributed by atoms with Gasteiger partial charge in [-0.2, -0.15) is 13.5 Å². The van der Waals surface area contributed by atoms with Gasteiger partial charge in [0.25, 0.3) is 11.8 Å². The van der Waals surface area contributed by atoms with E-state index in [-0.39, 0.29) is 18.3 Å². The van der Waals surface area contributed by atoms with Crippen molar-refractivity contribution in [3.8, 4) is 0 Å². The lowest BCUT2D eigenvalue weighted by molar-refractivity contribution is -0.160. The summed E-state index contributed by atoms with van der Waals surface area (Å²) in [6.07, 6.45) is -0.598. The fourth-order valence-corrected chi connectivity index (χ4v) is 3.51. The van der Waals surface area contributed by atoms with Crippen molar-refractivity contribution < 1.29 is 45.2 Å². The van der Waals surface area contributed by atoms with E-state index in [9.17, 15) is 26.8 Å². The highest BCUT2D eigenvalue weighted by atomic mass is 32.3. The van der Waals surface area contributed by atoms with Crippen LogP contribution in [-0.4, -0.2) is 84.8 Å². The summed E-state index contributed by atoms with van der Waals surface area (Å²) in [4.78, 5) is 30.1. The highest BCUT2D eigenvalue weighted by Crippen LogP contribution is 2.41. The van der Waals surface area contributed by atoms with Crippen molar-refractivity contribution in [1.82, 2.24) is 15.4 Å². The standard InChI is InChI=1S/C12H18F2N4O8S/c13-12(14)3-7(9(19)16-25-6-11(15)1-2-24-5-11)17-4-8(12)18(10(17)20)26-27(21,22)23/h7-8H,1-6,15H2,(H,16,19)(H,21,22,23)/t7-,8-,11?/m0/s1. The van der Waals surface area contributed by atoms with E-state index in [1.807, 2.05) is 5.48 Å². The Morgan fingerprint density at radius 2 is 2.19 bits per heavy atom. The second kappa shape index (κ2) is 6.75. The molecule has 15 heteroatoms. The second-order valence-electron chi connectivity index (χ2n) is 6.68. The molecule has 0 aliphatic carbocycles. The van der Waals surface area contributed by atoms with Gasteiger partial charge in [-0.1, -0.05) is 0 Å². The minimum Gasteiger partial charge on any atom is -0.379 e. The second-order valence-corrected chi connectivity index (χ2v) is 7.68. The number of ether oxygens (including phenoxy) is 1. The van der Waals surface area contributed by atoms with Gasteiger partial charge >= 0.3 is 16.4 Å². The van der Waals surface area contributed by atoms with Gasteiger partial charge in [-0.05, 0) is 6.42 Å². The molecule has 0 aromatic heterocycles. The number of alkyl halides is 2. The van der Waals surface area contributed by atoms with Crippen molar-refractivity contribution in [2.75, 3.05) is 26.4 Å². The molecule has 3 rings (SSSR count). The highest BCUT2D eigenvalue weighted by Gasteiger charge is 2.62. The quantitative estimate of drug-likeness (QED) is 0.342. The zero-order chi connectivity index (χ0) is 20.0. The van der Waals surface area contributed by atoms with Crippen LogP contribution in [0.5, 0.6) is 0 Å². The number of fused-ring (bicyclic) bond motifs is 2. The predicted molar refractivity (Wildman–Crippen MR) is 80.2 cm³/mol. The molecule has 12 nitrogen and oxygen atoms in total. The first-order valence-electron chi connectivity index (χ1n) is 7.85. The van der Waals surface area contributed by atoms with Gasteiger partial charge in [0, 0.05) is 13.0 Å². The first kappa shape index (κ1) is 20.1. The number of rotatable bonds is 6. The summed E-state index contributed by atoms with van der Waals surface area (Å²) in [6.45, 7) is -0.168. The summed E-state index contributed by atoms with van der Waals surface area (Å²) in [5.41, 5.74) is 7.10. The number of piperidine rings is 1. The Bertz CT molecular complexity index is 729. The van der Waals surface area contributed by atoms with Crippen LogP contribution in [0.3, 0.4) is 0 Å². The Morgan fingerprint density at radius 1 is 1.48 bits per heavy atom. The fourth-order valence-electron chi connectivity index (χ4n) is 3.14. The molecule has 0 aromatic rings. The zero-order valence-corrected chi connectivity index (χ0v) is 14.7. The van der Waals surface area contributed by atoms with E-state index in [1.54, 1.807) is 0 Å². The van der Waals surface area contributed by atoms with Gasteiger partial charge in [-0.3, -0.25) is 14.2 Å². The molecule has 3 aliphatic heterocycles. The number of amides is 3. The average molecular weight is 416 g/mol. The summed E-state index contributed by atoms with van der Waals surface area (Å²) in [5.74, 6) is -4.68. The molecule has 27 heavy (non-hydrogen) atoms. The third-order valence-corrected chi connectivity index (χ3v) is 4.91. The maximum absolute atomic E-state index is 14.3. The molecule has 3 amide bonds. The van der Waals surface area contributed by atoms with E-state index in [2.05, 4.69) is 4.28 Å². The third kappa shape index (κ3) is 4.12. The summed E-state index contributed by atoms with van der Waals surface area (Å²) in [7, 11) is -5.20. The van der Waals surface area contributed by atoms with E-state index in [0.29, 0.717) is 17.9 Å². The van der Waals surface area contributed by atoms with E-state index in [1.165, 1.54) is 0 Å². The molecule has 0 radical (unpaired) electrons. The normalized spacial score (nSPS) is 32.8. The zero-order valence-electron chi connectivity index (χ0n) is 13.8. The van der Waals surface area contributed by atoms with Crippen LogP contribution >= 0.6 is 0 Å². The van der Waals surface area contributed by atoms with Gasteiger partial charge in [0.2, 0.25) is 0 Å². The average Bonchev–Trinajstić information content (AvgIpc) is 3.08. The minimum absolute atomic E-state index is 0.129. The smallest absolute Gasteiger partial charge is 0.379 e. The Balaban J connectivity index is 1.66. The molecule has 3 saturated heterocycles. The Morgan fingerprint density at radius 3 is 2.78 bits per heavy atom. The van der Waals surface area contributed by atoms with Crippen molar-refractivity contribution in [3.05, 3.63) is 0 Å². The molecule has 0 spiro atoms. The maximum Gasteiger partial charge on any atom is 0.418 e. The van der Waals surface area contributed by atoms with Crippen LogP contribution in [0.1, 0.15) is 12.8 Å². The van der Waals surface area contributed by atoms with Crippen LogP contribution < -0.4 is 11.2 Å². The summed E-state index contributed by atoms with van der Waals surface area (Å²) in [6, 6.07) is -4.90. The van der Waals surface area contributed by atoms with Crippen LogP contribution in [0.15, 0.2) is 0 Å². The molecule has 4 N–H and O–H groups in total. The number of hydrogen-bond acceptors (Lipinski definition) is 8. The molecule has 154 valence electrons. The van der Waals surface area contributed by atoms with Gasteiger partial charge in [-0.25, -0.2) is 19.1 Å². The molecule has 0 aromatic carbocycles. The number of hydrogen-bond donors (Lipinski definition) is 3.